The lowest BCUT2D eigenvalue weighted by Crippen LogP contribution is -2.50. The number of hydrogen-bond acceptors (Lipinski definition) is 2. The molecule has 13 heavy (non-hydrogen) atoms. The van der Waals surface area contributed by atoms with E-state index in [4.69, 9.17) is 4.74 Å². The number of halogens is 2. The summed E-state index contributed by atoms with van der Waals surface area (Å²) >= 11 is 3.24. The van der Waals surface area contributed by atoms with E-state index in [0.29, 0.717) is 10.2 Å². The van der Waals surface area contributed by atoms with E-state index in [0.717, 1.165) is 13.1 Å². The normalized spacial score (nSPS) is 16.8. The topological polar surface area (TPSA) is 21.3 Å². The van der Waals surface area contributed by atoms with Gasteiger partial charge in [0.1, 0.15) is 17.7 Å². The maximum atomic E-state index is 12.7. The third-order valence-electron chi connectivity index (χ3n) is 1.93. The van der Waals surface area contributed by atoms with Crippen LogP contribution in [0.25, 0.3) is 0 Å². The molecule has 1 saturated heterocycles. The summed E-state index contributed by atoms with van der Waals surface area (Å²) in [7, 11) is 0. The first kappa shape index (κ1) is 8.97. The van der Waals surface area contributed by atoms with E-state index in [1.54, 1.807) is 6.07 Å². The Morgan fingerprint density at radius 1 is 1.46 bits per heavy atom. The fourth-order valence-electron chi connectivity index (χ4n) is 1.10. The highest BCUT2D eigenvalue weighted by Gasteiger charge is 2.19. The van der Waals surface area contributed by atoms with Crippen LogP contribution in [-0.4, -0.2) is 19.2 Å². The van der Waals surface area contributed by atoms with Crippen LogP contribution in [0.1, 0.15) is 0 Å². The summed E-state index contributed by atoms with van der Waals surface area (Å²) in [4.78, 5) is 0. The van der Waals surface area contributed by atoms with Crippen LogP contribution in [0.5, 0.6) is 5.75 Å². The van der Waals surface area contributed by atoms with Crippen molar-refractivity contribution in [3.05, 3.63) is 28.5 Å². The van der Waals surface area contributed by atoms with E-state index in [2.05, 4.69) is 21.2 Å². The third kappa shape index (κ3) is 2.00. The van der Waals surface area contributed by atoms with Gasteiger partial charge >= 0.3 is 0 Å². The third-order valence-corrected chi connectivity index (χ3v) is 2.55. The summed E-state index contributed by atoms with van der Waals surface area (Å²) in [6, 6.07) is 4.44. The largest absolute Gasteiger partial charge is 0.487 e. The minimum atomic E-state index is -0.258. The molecule has 0 aromatic heterocycles. The van der Waals surface area contributed by atoms with Gasteiger partial charge in [-0.15, -0.1) is 0 Å². The van der Waals surface area contributed by atoms with Crippen LogP contribution in [-0.2, 0) is 0 Å². The van der Waals surface area contributed by atoms with Crippen molar-refractivity contribution in [1.29, 1.82) is 0 Å². The molecular formula is C9H9BrFNO. The Hall–Kier alpha value is -0.610. The first-order valence-corrected chi connectivity index (χ1v) is 4.87. The molecule has 2 rings (SSSR count). The molecule has 0 bridgehead atoms. The van der Waals surface area contributed by atoms with Crippen LogP contribution in [0, 0.1) is 5.82 Å². The van der Waals surface area contributed by atoms with Gasteiger partial charge in [-0.3, -0.25) is 0 Å². The molecule has 1 heterocycles. The lowest BCUT2D eigenvalue weighted by molar-refractivity contribution is 0.141. The molecule has 1 aliphatic rings. The van der Waals surface area contributed by atoms with Crippen LogP contribution >= 0.6 is 15.9 Å². The molecule has 2 nitrogen and oxygen atoms in total. The Labute approximate surface area is 84.2 Å². The molecule has 0 aliphatic carbocycles. The van der Waals surface area contributed by atoms with Gasteiger partial charge in [0.25, 0.3) is 0 Å². The van der Waals surface area contributed by atoms with E-state index < -0.39 is 0 Å². The number of ether oxygens (including phenoxy) is 1. The van der Waals surface area contributed by atoms with Crippen LogP contribution in [0.2, 0.25) is 0 Å². The van der Waals surface area contributed by atoms with Gasteiger partial charge in [-0.1, -0.05) is 0 Å². The molecule has 1 aromatic rings. The summed E-state index contributed by atoms with van der Waals surface area (Å²) < 4.78 is 18.9. The average Bonchev–Trinajstić information content (AvgIpc) is 1.99. The van der Waals surface area contributed by atoms with Gasteiger partial charge in [0.15, 0.2) is 0 Å². The molecule has 1 aromatic carbocycles. The molecule has 0 spiro atoms. The zero-order valence-electron chi connectivity index (χ0n) is 6.89. The predicted octanol–water partition coefficient (Wildman–Crippen LogP) is 1.94. The van der Waals surface area contributed by atoms with E-state index in [-0.39, 0.29) is 11.9 Å². The van der Waals surface area contributed by atoms with Crippen molar-refractivity contribution in [2.45, 2.75) is 6.10 Å². The zero-order chi connectivity index (χ0) is 9.26. The van der Waals surface area contributed by atoms with Gasteiger partial charge in [0, 0.05) is 13.1 Å². The highest BCUT2D eigenvalue weighted by atomic mass is 79.9. The van der Waals surface area contributed by atoms with E-state index in [1.165, 1.54) is 12.1 Å². The average molecular weight is 246 g/mol. The Morgan fingerprint density at radius 2 is 2.23 bits per heavy atom. The Balaban J connectivity index is 2.10. The van der Waals surface area contributed by atoms with E-state index in [9.17, 15) is 4.39 Å². The van der Waals surface area contributed by atoms with Crippen molar-refractivity contribution in [1.82, 2.24) is 5.32 Å². The monoisotopic (exact) mass is 245 g/mol. The summed E-state index contributed by atoms with van der Waals surface area (Å²) in [6.45, 7) is 1.73. The maximum absolute atomic E-state index is 12.7. The van der Waals surface area contributed by atoms with Gasteiger partial charge in [0.2, 0.25) is 0 Å². The van der Waals surface area contributed by atoms with Gasteiger partial charge in [0.05, 0.1) is 4.47 Å². The first-order valence-electron chi connectivity index (χ1n) is 4.08. The van der Waals surface area contributed by atoms with Crippen molar-refractivity contribution in [2.75, 3.05) is 13.1 Å². The summed E-state index contributed by atoms with van der Waals surface area (Å²) in [5, 5.41) is 3.10. The van der Waals surface area contributed by atoms with Gasteiger partial charge in [-0.05, 0) is 34.1 Å². The molecule has 1 aliphatic heterocycles. The Bertz CT molecular complexity index is 314. The molecule has 0 atom stereocenters. The number of hydrogen-bond donors (Lipinski definition) is 1. The Kier molecular flexibility index (Phi) is 2.51. The molecule has 4 heteroatoms. The minimum Gasteiger partial charge on any atom is -0.487 e. The van der Waals surface area contributed by atoms with Crippen LogP contribution < -0.4 is 10.1 Å². The second-order valence-electron chi connectivity index (χ2n) is 2.97. The van der Waals surface area contributed by atoms with Gasteiger partial charge < -0.3 is 10.1 Å². The molecule has 0 saturated carbocycles. The summed E-state index contributed by atoms with van der Waals surface area (Å²) in [5.41, 5.74) is 0. The maximum Gasteiger partial charge on any atom is 0.134 e. The molecule has 1 N–H and O–H groups in total. The lowest BCUT2D eigenvalue weighted by Gasteiger charge is -2.28. The molecule has 0 radical (unpaired) electrons. The van der Waals surface area contributed by atoms with Gasteiger partial charge in [-0.25, -0.2) is 4.39 Å². The highest BCUT2D eigenvalue weighted by molar-refractivity contribution is 9.10. The Morgan fingerprint density at radius 3 is 2.77 bits per heavy atom. The van der Waals surface area contributed by atoms with Crippen LogP contribution in [0.15, 0.2) is 22.7 Å². The van der Waals surface area contributed by atoms with Crippen molar-refractivity contribution < 1.29 is 9.13 Å². The SMILES string of the molecule is Fc1ccc(OC2CNC2)c(Br)c1. The molecule has 0 unspecified atom stereocenters. The number of nitrogens with one attached hydrogen (secondary N) is 1. The standard InChI is InChI=1S/C9H9BrFNO/c10-8-3-6(11)1-2-9(8)13-7-4-12-5-7/h1-3,7,12H,4-5H2. The molecule has 1 fully saturated rings. The van der Waals surface area contributed by atoms with Crippen molar-refractivity contribution in [3.63, 3.8) is 0 Å². The first-order chi connectivity index (χ1) is 6.25. The zero-order valence-corrected chi connectivity index (χ0v) is 8.47. The molecular weight excluding hydrogens is 237 g/mol. The smallest absolute Gasteiger partial charge is 0.134 e. The fourth-order valence-corrected chi connectivity index (χ4v) is 1.54. The second kappa shape index (κ2) is 3.64. The van der Waals surface area contributed by atoms with Crippen molar-refractivity contribution in [3.8, 4) is 5.75 Å². The van der Waals surface area contributed by atoms with Crippen LogP contribution in [0.3, 0.4) is 0 Å². The quantitative estimate of drug-likeness (QED) is 0.860. The number of rotatable bonds is 2. The summed E-state index contributed by atoms with van der Waals surface area (Å²) in [5.74, 6) is 0.443. The van der Waals surface area contributed by atoms with E-state index in [1.807, 2.05) is 0 Å². The summed E-state index contributed by atoms with van der Waals surface area (Å²) in [6.07, 6.45) is 0.224. The predicted molar refractivity (Wildman–Crippen MR) is 51.4 cm³/mol. The van der Waals surface area contributed by atoms with Crippen molar-refractivity contribution in [2.24, 2.45) is 0 Å². The lowest BCUT2D eigenvalue weighted by atomic mass is 10.2. The molecule has 0 amide bonds. The highest BCUT2D eigenvalue weighted by Crippen LogP contribution is 2.26. The van der Waals surface area contributed by atoms with E-state index >= 15 is 0 Å². The minimum absolute atomic E-state index is 0.224. The van der Waals surface area contributed by atoms with Crippen molar-refractivity contribution >= 4 is 15.9 Å². The van der Waals surface area contributed by atoms with Crippen LogP contribution in [0.4, 0.5) is 4.39 Å². The molecule has 70 valence electrons. The fraction of sp³-hybridized carbons (Fsp3) is 0.333. The second-order valence-corrected chi connectivity index (χ2v) is 3.83. The number of benzene rings is 1. The van der Waals surface area contributed by atoms with Gasteiger partial charge in [-0.2, -0.15) is 0 Å².